The summed E-state index contributed by atoms with van der Waals surface area (Å²) in [6.45, 7) is -2.07. The van der Waals surface area contributed by atoms with E-state index >= 15 is 0 Å². The maximum Gasteiger partial charge on any atom is 0.465 e. The normalized spacial score (nSPS) is 18.4. The van der Waals surface area contributed by atoms with Gasteiger partial charge in [0.15, 0.2) is 6.61 Å². The first kappa shape index (κ1) is 12.8. The smallest absolute Gasteiger partial charge is 0.313 e. The van der Waals surface area contributed by atoms with Gasteiger partial charge >= 0.3 is 19.5 Å². The lowest BCUT2D eigenvalue weighted by Gasteiger charge is -2.17. The minimum absolute atomic E-state index is 0.0960. The Balaban J connectivity index is 4.30. The molecule has 13 heavy (non-hydrogen) atoms. The molecule has 0 heterocycles. The van der Waals surface area contributed by atoms with E-state index in [1.165, 1.54) is 0 Å². The van der Waals surface area contributed by atoms with Crippen molar-refractivity contribution in [2.45, 2.75) is 12.1 Å². The second kappa shape index (κ2) is 3.49. The largest absolute Gasteiger partial charge is 0.465 e. The van der Waals surface area contributed by atoms with Crippen molar-refractivity contribution in [2.75, 3.05) is 13.3 Å². The average Bonchev–Trinajstić information content (AvgIpc) is 1.79. The third-order valence-corrected chi connectivity index (χ3v) is 2.48. The predicted molar refractivity (Wildman–Crippen MR) is 31.6 cm³/mol. The molecular weight excluding hydrogens is 225 g/mol. The summed E-state index contributed by atoms with van der Waals surface area (Å²) >= 11 is 0. The van der Waals surface area contributed by atoms with Crippen LogP contribution in [0.5, 0.6) is 0 Å². The molecule has 0 aliphatic heterocycles. The maximum atomic E-state index is 11.7. The van der Waals surface area contributed by atoms with E-state index in [4.69, 9.17) is 0 Å². The molecule has 0 amide bonds. The van der Waals surface area contributed by atoms with Gasteiger partial charge in [-0.15, -0.1) is 0 Å². The van der Waals surface area contributed by atoms with Crippen molar-refractivity contribution in [3.05, 3.63) is 0 Å². The van der Waals surface area contributed by atoms with Crippen LogP contribution in [0.1, 0.15) is 0 Å². The molecule has 80 valence electrons. The lowest BCUT2D eigenvalue weighted by atomic mass is 10.7. The fourth-order valence-electron chi connectivity index (χ4n) is 0.270. The minimum Gasteiger partial charge on any atom is -0.313 e. The summed E-state index contributed by atoms with van der Waals surface area (Å²) in [7, 11) is -5.19. The van der Waals surface area contributed by atoms with Crippen molar-refractivity contribution in [3.63, 3.8) is 0 Å². The molecule has 1 unspecified atom stereocenters. The highest BCUT2D eigenvalue weighted by atomic mass is 31.2. The van der Waals surface area contributed by atoms with Gasteiger partial charge in [0.2, 0.25) is 0 Å². The second-order valence-electron chi connectivity index (χ2n) is 2.20. The van der Waals surface area contributed by atoms with Crippen LogP contribution in [-0.2, 0) is 9.09 Å². The van der Waals surface area contributed by atoms with E-state index in [9.17, 15) is 30.9 Å². The van der Waals surface area contributed by atoms with Crippen LogP contribution in [0, 0.1) is 0 Å². The standard InChI is InChI=1S/C4H5F6O2P/c1-13(11,4(8,9)10)12-2-3(5,6)7/h2H2,1H3. The van der Waals surface area contributed by atoms with Crippen molar-refractivity contribution in [1.82, 2.24) is 0 Å². The van der Waals surface area contributed by atoms with Gasteiger partial charge in [0.25, 0.3) is 0 Å². The van der Waals surface area contributed by atoms with E-state index in [2.05, 4.69) is 4.52 Å². The number of alkyl halides is 6. The molecule has 0 saturated carbocycles. The molecule has 0 aliphatic carbocycles. The van der Waals surface area contributed by atoms with Gasteiger partial charge in [0.1, 0.15) is 0 Å². The molecule has 0 bridgehead atoms. The number of halogens is 6. The lowest BCUT2D eigenvalue weighted by Crippen LogP contribution is -2.19. The maximum absolute atomic E-state index is 11.7. The molecule has 0 aliphatic rings. The molecule has 0 aromatic rings. The SMILES string of the molecule is CP(=O)(OCC(F)(F)F)C(F)(F)F. The van der Waals surface area contributed by atoms with Gasteiger partial charge in [0, 0.05) is 6.66 Å². The van der Waals surface area contributed by atoms with E-state index in [1.807, 2.05) is 0 Å². The molecule has 9 heteroatoms. The van der Waals surface area contributed by atoms with Crippen molar-refractivity contribution in [3.8, 4) is 0 Å². The summed E-state index contributed by atoms with van der Waals surface area (Å²) in [4.78, 5) is 0. The molecule has 0 aromatic carbocycles. The molecule has 0 aromatic heterocycles. The quantitative estimate of drug-likeness (QED) is 0.538. The highest BCUT2D eigenvalue weighted by Gasteiger charge is 2.50. The number of hydrogen-bond acceptors (Lipinski definition) is 2. The molecule has 2 nitrogen and oxygen atoms in total. The zero-order chi connectivity index (χ0) is 10.9. The molecule has 0 saturated heterocycles. The van der Waals surface area contributed by atoms with Crippen molar-refractivity contribution >= 4 is 7.37 Å². The summed E-state index contributed by atoms with van der Waals surface area (Å²) < 4.78 is 82.7. The second-order valence-corrected chi connectivity index (χ2v) is 4.66. The fourth-order valence-corrected chi connectivity index (χ4v) is 0.809. The first-order valence-corrected chi connectivity index (χ1v) is 4.88. The van der Waals surface area contributed by atoms with Gasteiger partial charge < -0.3 is 4.52 Å². The Bertz CT molecular complexity index is 218. The first-order valence-electron chi connectivity index (χ1n) is 2.81. The highest BCUT2D eigenvalue weighted by molar-refractivity contribution is 7.59. The monoisotopic (exact) mass is 230 g/mol. The highest BCUT2D eigenvalue weighted by Crippen LogP contribution is 2.59. The van der Waals surface area contributed by atoms with E-state index in [1.54, 1.807) is 0 Å². The van der Waals surface area contributed by atoms with Gasteiger partial charge in [-0.2, -0.15) is 26.3 Å². The number of rotatable bonds is 2. The van der Waals surface area contributed by atoms with Gasteiger partial charge in [-0.25, -0.2) is 0 Å². The van der Waals surface area contributed by atoms with Crippen LogP contribution >= 0.6 is 7.37 Å². The fraction of sp³-hybridized carbons (Fsp3) is 1.00. The average molecular weight is 230 g/mol. The summed E-state index contributed by atoms with van der Waals surface area (Å²) in [5.74, 6) is -5.25. The van der Waals surface area contributed by atoms with Crippen molar-refractivity contribution in [2.24, 2.45) is 0 Å². The Kier molecular flexibility index (Phi) is 3.43. The summed E-state index contributed by atoms with van der Waals surface area (Å²) in [6.07, 6.45) is -4.92. The topological polar surface area (TPSA) is 26.3 Å². The van der Waals surface area contributed by atoms with Crippen LogP contribution in [0.2, 0.25) is 0 Å². The third kappa shape index (κ3) is 4.52. The molecule has 0 rings (SSSR count). The van der Waals surface area contributed by atoms with E-state index < -0.39 is 26.1 Å². The van der Waals surface area contributed by atoms with E-state index in [0.717, 1.165) is 0 Å². The molecule has 0 fully saturated rings. The van der Waals surface area contributed by atoms with Gasteiger partial charge in [0.05, 0.1) is 0 Å². The van der Waals surface area contributed by atoms with Crippen LogP contribution in [0.3, 0.4) is 0 Å². The molecular formula is C4H5F6O2P. The van der Waals surface area contributed by atoms with E-state index in [0.29, 0.717) is 0 Å². The molecule has 0 spiro atoms. The molecule has 0 N–H and O–H groups in total. The van der Waals surface area contributed by atoms with Crippen LogP contribution in [0.15, 0.2) is 0 Å². The van der Waals surface area contributed by atoms with Gasteiger partial charge in [-0.1, -0.05) is 0 Å². The van der Waals surface area contributed by atoms with Crippen LogP contribution in [0.4, 0.5) is 26.3 Å². The third-order valence-electron chi connectivity index (χ3n) is 0.935. The van der Waals surface area contributed by atoms with Gasteiger partial charge in [-0.05, 0) is 0 Å². The molecule has 1 atom stereocenters. The Hall–Kier alpha value is -0.230. The zero-order valence-electron chi connectivity index (χ0n) is 6.24. The van der Waals surface area contributed by atoms with Crippen LogP contribution in [-0.4, -0.2) is 25.4 Å². The predicted octanol–water partition coefficient (Wildman–Crippen LogP) is 2.99. The van der Waals surface area contributed by atoms with Crippen LogP contribution in [0.25, 0.3) is 0 Å². The zero-order valence-corrected chi connectivity index (χ0v) is 7.13. The number of hydrogen-bond donors (Lipinski definition) is 0. The Morgan fingerprint density at radius 1 is 1.15 bits per heavy atom. The minimum atomic E-state index is -5.25. The molecule has 0 radical (unpaired) electrons. The van der Waals surface area contributed by atoms with Gasteiger partial charge in [-0.3, -0.25) is 4.57 Å². The van der Waals surface area contributed by atoms with Crippen molar-refractivity contribution < 1.29 is 35.4 Å². The first-order chi connectivity index (χ1) is 5.46. The Labute approximate surface area is 69.3 Å². The van der Waals surface area contributed by atoms with E-state index in [-0.39, 0.29) is 6.66 Å². The summed E-state index contributed by atoms with van der Waals surface area (Å²) in [5.41, 5.74) is 0. The Morgan fingerprint density at radius 3 is 1.77 bits per heavy atom. The van der Waals surface area contributed by atoms with Crippen LogP contribution < -0.4 is 0 Å². The Morgan fingerprint density at radius 2 is 1.54 bits per heavy atom. The lowest BCUT2D eigenvalue weighted by molar-refractivity contribution is -0.157. The summed E-state index contributed by atoms with van der Waals surface area (Å²) in [5, 5.41) is 0. The van der Waals surface area contributed by atoms with Crippen molar-refractivity contribution in [1.29, 1.82) is 0 Å². The summed E-state index contributed by atoms with van der Waals surface area (Å²) in [6, 6.07) is 0.